The van der Waals surface area contributed by atoms with Crippen molar-refractivity contribution in [1.82, 2.24) is 9.88 Å². The molecule has 1 unspecified atom stereocenters. The van der Waals surface area contributed by atoms with Crippen LogP contribution >= 0.6 is 15.9 Å². The van der Waals surface area contributed by atoms with Gasteiger partial charge in [0.05, 0.1) is 12.5 Å². The molecule has 0 aliphatic heterocycles. The van der Waals surface area contributed by atoms with Gasteiger partial charge in [-0.3, -0.25) is 4.79 Å². The SMILES string of the molecule is CC(NC(=O)Cc1cn(C)c2ccccc12)c1ccc(Br)cc1. The topological polar surface area (TPSA) is 34.0 Å². The van der Waals surface area contributed by atoms with E-state index in [9.17, 15) is 4.79 Å². The highest BCUT2D eigenvalue weighted by atomic mass is 79.9. The molecule has 23 heavy (non-hydrogen) atoms. The third-order valence-electron chi connectivity index (χ3n) is 4.08. The third-order valence-corrected chi connectivity index (χ3v) is 4.61. The van der Waals surface area contributed by atoms with E-state index < -0.39 is 0 Å². The van der Waals surface area contributed by atoms with Crippen molar-refractivity contribution in [3.8, 4) is 0 Å². The van der Waals surface area contributed by atoms with Gasteiger partial charge < -0.3 is 9.88 Å². The molecule has 0 saturated heterocycles. The summed E-state index contributed by atoms with van der Waals surface area (Å²) in [6, 6.07) is 16.2. The van der Waals surface area contributed by atoms with E-state index in [1.807, 2.05) is 56.6 Å². The standard InChI is InChI=1S/C19H19BrN2O/c1-13(14-7-9-16(20)10-8-14)21-19(23)11-15-12-22(2)18-6-4-3-5-17(15)18/h3-10,12-13H,11H2,1-2H3,(H,21,23). The summed E-state index contributed by atoms with van der Waals surface area (Å²) in [5, 5.41) is 4.21. The van der Waals surface area contributed by atoms with Crippen LogP contribution in [0.25, 0.3) is 10.9 Å². The highest BCUT2D eigenvalue weighted by molar-refractivity contribution is 9.10. The van der Waals surface area contributed by atoms with Crippen LogP contribution < -0.4 is 5.32 Å². The highest BCUT2D eigenvalue weighted by Crippen LogP contribution is 2.21. The molecule has 3 rings (SSSR count). The summed E-state index contributed by atoms with van der Waals surface area (Å²) >= 11 is 3.43. The van der Waals surface area contributed by atoms with Gasteiger partial charge in [-0.05, 0) is 36.2 Å². The molecule has 3 aromatic rings. The minimum absolute atomic E-state index is 0.00873. The van der Waals surface area contributed by atoms with E-state index in [1.165, 1.54) is 0 Å². The molecule has 1 atom stereocenters. The fraction of sp³-hybridized carbons (Fsp3) is 0.211. The molecule has 1 amide bonds. The van der Waals surface area contributed by atoms with Crippen LogP contribution in [0.1, 0.15) is 24.1 Å². The first kappa shape index (κ1) is 15.8. The lowest BCUT2D eigenvalue weighted by molar-refractivity contribution is -0.121. The smallest absolute Gasteiger partial charge is 0.224 e. The van der Waals surface area contributed by atoms with Crippen molar-refractivity contribution in [2.75, 3.05) is 0 Å². The van der Waals surface area contributed by atoms with Crippen LogP contribution in [0.3, 0.4) is 0 Å². The molecule has 118 valence electrons. The van der Waals surface area contributed by atoms with Crippen molar-refractivity contribution in [3.63, 3.8) is 0 Å². The van der Waals surface area contributed by atoms with Gasteiger partial charge in [0.1, 0.15) is 0 Å². The van der Waals surface area contributed by atoms with Crippen molar-refractivity contribution < 1.29 is 4.79 Å². The predicted molar refractivity (Wildman–Crippen MR) is 97.3 cm³/mol. The largest absolute Gasteiger partial charge is 0.350 e. The van der Waals surface area contributed by atoms with Crippen LogP contribution in [0.4, 0.5) is 0 Å². The molecule has 1 N–H and O–H groups in total. The number of fused-ring (bicyclic) bond motifs is 1. The van der Waals surface area contributed by atoms with E-state index in [2.05, 4.69) is 37.9 Å². The van der Waals surface area contributed by atoms with Crippen molar-refractivity contribution >= 4 is 32.7 Å². The molecule has 0 aliphatic carbocycles. The Morgan fingerprint density at radius 1 is 1.17 bits per heavy atom. The summed E-state index contributed by atoms with van der Waals surface area (Å²) in [5.74, 6) is 0.0387. The van der Waals surface area contributed by atoms with Gasteiger partial charge in [-0.1, -0.05) is 46.3 Å². The number of benzene rings is 2. The Hall–Kier alpha value is -2.07. The molecule has 1 aromatic heterocycles. The Labute approximate surface area is 144 Å². The maximum Gasteiger partial charge on any atom is 0.224 e. The van der Waals surface area contributed by atoms with Crippen molar-refractivity contribution in [2.45, 2.75) is 19.4 Å². The minimum Gasteiger partial charge on any atom is -0.350 e. The van der Waals surface area contributed by atoms with Gasteiger partial charge in [0, 0.05) is 28.6 Å². The van der Waals surface area contributed by atoms with Crippen LogP contribution in [-0.2, 0) is 18.3 Å². The number of hydrogen-bond donors (Lipinski definition) is 1. The molecule has 0 fully saturated rings. The summed E-state index contributed by atoms with van der Waals surface area (Å²) in [6.07, 6.45) is 2.43. The average Bonchev–Trinajstić information content (AvgIpc) is 2.84. The van der Waals surface area contributed by atoms with E-state index >= 15 is 0 Å². The monoisotopic (exact) mass is 370 g/mol. The second kappa shape index (κ2) is 6.59. The first-order valence-electron chi connectivity index (χ1n) is 7.62. The van der Waals surface area contributed by atoms with Crippen LogP contribution in [0.2, 0.25) is 0 Å². The average molecular weight is 371 g/mol. The Morgan fingerprint density at radius 3 is 2.61 bits per heavy atom. The molecular weight excluding hydrogens is 352 g/mol. The number of halogens is 1. The fourth-order valence-electron chi connectivity index (χ4n) is 2.87. The van der Waals surface area contributed by atoms with Crippen LogP contribution in [-0.4, -0.2) is 10.5 Å². The molecule has 4 heteroatoms. The maximum atomic E-state index is 12.4. The number of nitrogens with zero attached hydrogens (tertiary/aromatic N) is 1. The molecular formula is C19H19BrN2O. The fourth-order valence-corrected chi connectivity index (χ4v) is 3.13. The van der Waals surface area contributed by atoms with Gasteiger partial charge in [0.25, 0.3) is 0 Å². The van der Waals surface area contributed by atoms with Gasteiger partial charge >= 0.3 is 0 Å². The van der Waals surface area contributed by atoms with Crippen LogP contribution in [0.15, 0.2) is 59.2 Å². The summed E-state index contributed by atoms with van der Waals surface area (Å²) < 4.78 is 3.10. The maximum absolute atomic E-state index is 12.4. The number of carbonyl (C=O) groups is 1. The number of hydrogen-bond acceptors (Lipinski definition) is 1. The Balaban J connectivity index is 1.72. The summed E-state index contributed by atoms with van der Waals surface area (Å²) in [7, 11) is 2.01. The van der Waals surface area contributed by atoms with Gasteiger partial charge in [-0.2, -0.15) is 0 Å². The summed E-state index contributed by atoms with van der Waals surface area (Å²) in [4.78, 5) is 12.4. The number of carbonyl (C=O) groups excluding carboxylic acids is 1. The number of nitrogens with one attached hydrogen (secondary N) is 1. The normalized spacial score (nSPS) is 12.3. The molecule has 2 aromatic carbocycles. The highest BCUT2D eigenvalue weighted by Gasteiger charge is 2.13. The Morgan fingerprint density at radius 2 is 1.87 bits per heavy atom. The lowest BCUT2D eigenvalue weighted by atomic mass is 10.1. The molecule has 1 heterocycles. The number of amides is 1. The van der Waals surface area contributed by atoms with Gasteiger partial charge in [-0.15, -0.1) is 0 Å². The lowest BCUT2D eigenvalue weighted by Gasteiger charge is -2.14. The zero-order valence-electron chi connectivity index (χ0n) is 13.2. The molecule has 0 bridgehead atoms. The first-order chi connectivity index (χ1) is 11.0. The third kappa shape index (κ3) is 3.48. The van der Waals surface area contributed by atoms with Gasteiger partial charge in [0.2, 0.25) is 5.91 Å². The second-order valence-corrected chi connectivity index (χ2v) is 6.72. The van der Waals surface area contributed by atoms with E-state index in [0.717, 1.165) is 26.5 Å². The Kier molecular flexibility index (Phi) is 4.53. The van der Waals surface area contributed by atoms with Crippen LogP contribution in [0.5, 0.6) is 0 Å². The number of aryl methyl sites for hydroxylation is 1. The Bertz CT molecular complexity index is 836. The van der Waals surface area contributed by atoms with Gasteiger partial charge in [-0.25, -0.2) is 0 Å². The number of rotatable bonds is 4. The molecule has 0 radical (unpaired) electrons. The van der Waals surface area contributed by atoms with E-state index in [1.54, 1.807) is 0 Å². The zero-order chi connectivity index (χ0) is 16.4. The number of para-hydroxylation sites is 1. The molecule has 0 spiro atoms. The van der Waals surface area contributed by atoms with E-state index in [-0.39, 0.29) is 11.9 Å². The summed E-state index contributed by atoms with van der Waals surface area (Å²) in [6.45, 7) is 2.00. The minimum atomic E-state index is -0.00873. The first-order valence-corrected chi connectivity index (χ1v) is 8.41. The molecule has 3 nitrogen and oxygen atoms in total. The molecule has 0 aliphatic rings. The van der Waals surface area contributed by atoms with E-state index in [4.69, 9.17) is 0 Å². The van der Waals surface area contributed by atoms with Crippen molar-refractivity contribution in [1.29, 1.82) is 0 Å². The zero-order valence-corrected chi connectivity index (χ0v) is 14.8. The van der Waals surface area contributed by atoms with Crippen LogP contribution in [0, 0.1) is 0 Å². The van der Waals surface area contributed by atoms with E-state index in [0.29, 0.717) is 6.42 Å². The second-order valence-electron chi connectivity index (χ2n) is 5.80. The molecule has 0 saturated carbocycles. The quantitative estimate of drug-likeness (QED) is 0.727. The van der Waals surface area contributed by atoms with Gasteiger partial charge in [0.15, 0.2) is 0 Å². The summed E-state index contributed by atoms with van der Waals surface area (Å²) in [5.41, 5.74) is 3.30. The predicted octanol–water partition coefficient (Wildman–Crippen LogP) is 4.36. The number of aromatic nitrogens is 1. The van der Waals surface area contributed by atoms with Crippen molar-refractivity contribution in [2.24, 2.45) is 7.05 Å². The van der Waals surface area contributed by atoms with Crippen molar-refractivity contribution in [3.05, 3.63) is 70.3 Å². The lowest BCUT2D eigenvalue weighted by Crippen LogP contribution is -2.28.